The zero-order valence-electron chi connectivity index (χ0n) is 34.2. The van der Waals surface area contributed by atoms with Crippen molar-refractivity contribution in [2.75, 3.05) is 53.5 Å². The number of nitrogens with zero attached hydrogens (tertiary/aromatic N) is 2. The number of carbonyl (C=O) groups excluding carboxylic acids is 2. The quantitative estimate of drug-likeness (QED) is 0.250. The van der Waals surface area contributed by atoms with Crippen LogP contribution >= 0.6 is 0 Å². The Morgan fingerprint density at radius 1 is 0.654 bits per heavy atom. The lowest BCUT2D eigenvalue weighted by molar-refractivity contribution is -0.142. The van der Waals surface area contributed by atoms with Crippen LogP contribution in [0.1, 0.15) is 115 Å². The summed E-state index contributed by atoms with van der Waals surface area (Å²) in [5.41, 5.74) is 4.87. The fraction of sp³-hybridized carbons (Fsp3) is 0.667. The van der Waals surface area contributed by atoms with E-state index in [2.05, 4.69) is 114 Å². The van der Waals surface area contributed by atoms with Gasteiger partial charge in [-0.15, -0.1) is 0 Å². The highest BCUT2D eigenvalue weighted by Crippen LogP contribution is 2.35. The van der Waals surface area contributed by atoms with Crippen LogP contribution in [0, 0.1) is 10.8 Å². The first kappa shape index (κ1) is 43.2. The van der Waals surface area contributed by atoms with Gasteiger partial charge >= 0.3 is 11.9 Å². The van der Waals surface area contributed by atoms with Crippen molar-refractivity contribution >= 4 is 11.9 Å². The highest BCUT2D eigenvalue weighted by Gasteiger charge is 2.28. The van der Waals surface area contributed by atoms with Crippen molar-refractivity contribution in [2.24, 2.45) is 10.8 Å². The minimum Gasteiger partial charge on any atom is -0.507 e. The molecule has 0 aromatic heterocycles. The van der Waals surface area contributed by atoms with Crippen molar-refractivity contribution in [3.05, 3.63) is 57.6 Å². The molecule has 0 aliphatic carbocycles. The number of rotatable bonds is 6. The second-order valence-corrected chi connectivity index (χ2v) is 18.4. The molecule has 4 bridgehead atoms. The molecule has 292 valence electrons. The van der Waals surface area contributed by atoms with Crippen LogP contribution in [0.3, 0.4) is 0 Å². The summed E-state index contributed by atoms with van der Waals surface area (Å²) in [7, 11) is 2.82. The van der Waals surface area contributed by atoms with E-state index in [0.29, 0.717) is 65.4 Å². The van der Waals surface area contributed by atoms with Crippen molar-refractivity contribution < 1.29 is 29.3 Å². The number of esters is 2. The fourth-order valence-corrected chi connectivity index (χ4v) is 6.90. The first-order valence-corrected chi connectivity index (χ1v) is 18.7. The van der Waals surface area contributed by atoms with Crippen LogP contribution in [0.2, 0.25) is 0 Å². The molecule has 0 fully saturated rings. The molecular formula is C42H68N4O6. The van der Waals surface area contributed by atoms with E-state index in [1.807, 2.05) is 0 Å². The SMILES string of the molecule is COC(=O)CCN1Cc2cc(C(C)(C)C)cc(c2O)CNCC(C)(C)CN(CCC(=O)OC)Cc2cc(C(C)(C)C)cc(c2O)CNCC(C)(C)C1. The third kappa shape index (κ3) is 13.0. The molecule has 4 N–H and O–H groups in total. The van der Waals surface area contributed by atoms with Crippen LogP contribution < -0.4 is 10.6 Å². The smallest absolute Gasteiger partial charge is 0.306 e. The van der Waals surface area contributed by atoms with Gasteiger partial charge in [0.25, 0.3) is 0 Å². The largest absolute Gasteiger partial charge is 0.507 e. The predicted molar refractivity (Wildman–Crippen MR) is 208 cm³/mol. The van der Waals surface area contributed by atoms with Gasteiger partial charge in [0.05, 0.1) is 27.1 Å². The van der Waals surface area contributed by atoms with Gasteiger partial charge in [0.1, 0.15) is 11.5 Å². The van der Waals surface area contributed by atoms with E-state index >= 15 is 0 Å². The summed E-state index contributed by atoms with van der Waals surface area (Å²) < 4.78 is 9.99. The lowest BCUT2D eigenvalue weighted by Gasteiger charge is -2.35. The summed E-state index contributed by atoms with van der Waals surface area (Å²) >= 11 is 0. The molecule has 2 aromatic carbocycles. The van der Waals surface area contributed by atoms with E-state index in [1.54, 1.807) is 0 Å². The normalized spacial score (nSPS) is 18.4. The van der Waals surface area contributed by atoms with Crippen LogP contribution in [0.5, 0.6) is 11.5 Å². The molecule has 2 aromatic rings. The Morgan fingerprint density at radius 2 is 0.981 bits per heavy atom. The van der Waals surface area contributed by atoms with Crippen molar-refractivity contribution in [3.63, 3.8) is 0 Å². The number of ether oxygens (including phenoxy) is 2. The maximum Gasteiger partial charge on any atom is 0.306 e. The number of phenolic OH excluding ortho intramolecular Hbond substituents is 2. The van der Waals surface area contributed by atoms with E-state index in [0.717, 1.165) is 33.4 Å². The maximum atomic E-state index is 12.3. The minimum atomic E-state index is -0.267. The molecule has 10 heteroatoms. The summed E-state index contributed by atoms with van der Waals surface area (Å²) in [4.78, 5) is 29.0. The second kappa shape index (κ2) is 17.8. The number of hydrogen-bond acceptors (Lipinski definition) is 10. The van der Waals surface area contributed by atoms with Gasteiger partial charge < -0.3 is 30.3 Å². The molecule has 3 rings (SSSR count). The minimum absolute atomic E-state index is 0.140. The summed E-state index contributed by atoms with van der Waals surface area (Å²) in [5, 5.41) is 30.7. The van der Waals surface area contributed by atoms with Gasteiger partial charge in [-0.2, -0.15) is 0 Å². The number of aromatic hydroxyl groups is 2. The molecule has 0 atom stereocenters. The maximum absolute atomic E-state index is 12.3. The number of methoxy groups -OCH3 is 2. The summed E-state index contributed by atoms with van der Waals surface area (Å²) in [6, 6.07) is 8.41. The number of hydrogen-bond donors (Lipinski definition) is 4. The summed E-state index contributed by atoms with van der Waals surface area (Å²) in [6.45, 7) is 27.3. The highest BCUT2D eigenvalue weighted by molar-refractivity contribution is 5.69. The average molecular weight is 725 g/mol. The molecule has 0 amide bonds. The molecule has 0 radical (unpaired) electrons. The predicted octanol–water partition coefficient (Wildman–Crippen LogP) is 6.37. The lowest BCUT2D eigenvalue weighted by atomic mass is 9.84. The molecule has 1 aliphatic rings. The molecule has 1 aliphatic heterocycles. The summed E-state index contributed by atoms with van der Waals surface area (Å²) in [6.07, 6.45) is 0.492. The van der Waals surface area contributed by atoms with E-state index in [4.69, 9.17) is 9.47 Å². The van der Waals surface area contributed by atoms with Gasteiger partial charge in [-0.25, -0.2) is 0 Å². The molecular weight excluding hydrogens is 656 g/mol. The average Bonchev–Trinajstić information content (AvgIpc) is 3.03. The van der Waals surface area contributed by atoms with Gasteiger partial charge in [-0.05, 0) is 32.8 Å². The van der Waals surface area contributed by atoms with Crippen LogP contribution in [-0.4, -0.2) is 85.4 Å². The Bertz CT molecular complexity index is 1410. The Morgan fingerprint density at radius 3 is 1.29 bits per heavy atom. The molecule has 52 heavy (non-hydrogen) atoms. The topological polar surface area (TPSA) is 124 Å². The zero-order chi connectivity index (χ0) is 39.1. The monoisotopic (exact) mass is 725 g/mol. The Balaban J connectivity index is 2.11. The standard InChI is InChI=1S/C42H68N4O6/c1-39(2,3)33-17-29-21-43-25-41(7,8)28-46(16-14-36(48)52-12)24-32-20-34(40(4,5)6)18-30(38(32)50)22-44-26-42(9,10)27-45(15-13-35(47)51-11)23-31(19-33)37(29)49/h17-20,43-44,49-50H,13-16,21-28H2,1-12H3. The number of benzene rings is 2. The van der Waals surface area contributed by atoms with Crippen LogP contribution in [-0.2, 0) is 56.1 Å². The van der Waals surface area contributed by atoms with Gasteiger partial charge in [-0.1, -0.05) is 93.5 Å². The van der Waals surface area contributed by atoms with Gasteiger partial charge in [0.15, 0.2) is 0 Å². The van der Waals surface area contributed by atoms with Crippen LogP contribution in [0.15, 0.2) is 24.3 Å². The molecule has 1 heterocycles. The Labute approximate surface area is 313 Å². The van der Waals surface area contributed by atoms with Gasteiger partial charge in [-0.3, -0.25) is 19.4 Å². The van der Waals surface area contributed by atoms with Crippen molar-refractivity contribution in [1.82, 2.24) is 20.4 Å². The summed E-state index contributed by atoms with van der Waals surface area (Å²) in [5.74, 6) is 0.0119. The number of fused-ring (bicyclic) bond motifs is 4. The van der Waals surface area contributed by atoms with E-state index in [9.17, 15) is 19.8 Å². The fourth-order valence-electron chi connectivity index (χ4n) is 6.90. The molecule has 10 nitrogen and oxygen atoms in total. The third-order valence-corrected chi connectivity index (χ3v) is 9.92. The first-order valence-electron chi connectivity index (χ1n) is 18.7. The lowest BCUT2D eigenvalue weighted by Crippen LogP contribution is -2.41. The number of carbonyl (C=O) groups is 2. The number of phenols is 2. The van der Waals surface area contributed by atoms with Crippen molar-refractivity contribution in [3.8, 4) is 11.5 Å². The molecule has 0 saturated heterocycles. The van der Waals surface area contributed by atoms with Crippen molar-refractivity contribution in [2.45, 2.75) is 119 Å². The second-order valence-electron chi connectivity index (χ2n) is 18.4. The van der Waals surface area contributed by atoms with E-state index in [-0.39, 0.29) is 57.9 Å². The Hall–Kier alpha value is -3.18. The Kier molecular flexibility index (Phi) is 14.8. The molecule has 0 unspecified atom stereocenters. The first-order chi connectivity index (χ1) is 24.0. The van der Waals surface area contributed by atoms with E-state index in [1.165, 1.54) is 14.2 Å². The van der Waals surface area contributed by atoms with E-state index < -0.39 is 0 Å². The zero-order valence-corrected chi connectivity index (χ0v) is 34.2. The highest BCUT2D eigenvalue weighted by atomic mass is 16.5. The van der Waals surface area contributed by atoms with Gasteiger partial charge in [0, 0.05) is 87.7 Å². The third-order valence-electron chi connectivity index (χ3n) is 9.92. The molecule has 0 saturated carbocycles. The van der Waals surface area contributed by atoms with Crippen molar-refractivity contribution in [1.29, 1.82) is 0 Å². The van der Waals surface area contributed by atoms with Crippen LogP contribution in [0.4, 0.5) is 0 Å². The van der Waals surface area contributed by atoms with Crippen LogP contribution in [0.25, 0.3) is 0 Å². The van der Waals surface area contributed by atoms with Gasteiger partial charge in [0.2, 0.25) is 0 Å². The number of nitrogens with one attached hydrogen (secondary N) is 2. The molecule has 0 spiro atoms.